The predicted molar refractivity (Wildman–Crippen MR) is 89.1 cm³/mol. The normalized spacial score (nSPS) is 25.5. The Morgan fingerprint density at radius 1 is 1.17 bits per heavy atom. The van der Waals surface area contributed by atoms with Gasteiger partial charge in [0.2, 0.25) is 0 Å². The maximum atomic E-state index is 13.3. The molecule has 2 aromatic rings. The summed E-state index contributed by atoms with van der Waals surface area (Å²) < 4.78 is 13.3. The Bertz CT molecular complexity index is 798. The van der Waals surface area contributed by atoms with Crippen LogP contribution >= 0.6 is 0 Å². The minimum atomic E-state index is -0.240. The number of carbonyl (C=O) groups is 1. The first-order valence-electron chi connectivity index (χ1n) is 7.83. The number of anilines is 1. The second kappa shape index (κ2) is 5.30. The van der Waals surface area contributed by atoms with Crippen LogP contribution in [-0.2, 0) is 0 Å². The maximum absolute atomic E-state index is 13.3. The number of hydrogen-bond acceptors (Lipinski definition) is 3. The van der Waals surface area contributed by atoms with Crippen molar-refractivity contribution in [2.75, 3.05) is 11.9 Å². The molecule has 0 spiro atoms. The molecular weight excluding hydrogens is 291 g/mol. The van der Waals surface area contributed by atoms with Gasteiger partial charge in [0.05, 0.1) is 0 Å². The lowest BCUT2D eigenvalue weighted by Crippen LogP contribution is -2.35. The average molecular weight is 308 g/mol. The summed E-state index contributed by atoms with van der Waals surface area (Å²) in [7, 11) is 0. The van der Waals surface area contributed by atoms with E-state index in [-0.39, 0.29) is 36.0 Å². The van der Waals surface area contributed by atoms with E-state index in [1.54, 1.807) is 0 Å². The van der Waals surface area contributed by atoms with Crippen LogP contribution in [0, 0.1) is 5.82 Å². The first kappa shape index (κ1) is 14.1. The van der Waals surface area contributed by atoms with E-state index in [9.17, 15) is 9.18 Å². The first-order chi connectivity index (χ1) is 11.1. The van der Waals surface area contributed by atoms with Crippen LogP contribution in [-0.4, -0.2) is 24.6 Å². The Morgan fingerprint density at radius 3 is 2.74 bits per heavy atom. The second-order valence-electron chi connectivity index (χ2n) is 6.22. The summed E-state index contributed by atoms with van der Waals surface area (Å²) in [4.78, 5) is 16.7. The van der Waals surface area contributed by atoms with Crippen molar-refractivity contribution >= 4 is 17.7 Å². The summed E-state index contributed by atoms with van der Waals surface area (Å²) in [6.07, 6.45) is 1.90. The van der Waals surface area contributed by atoms with Crippen molar-refractivity contribution in [1.82, 2.24) is 0 Å². The molecule has 0 saturated heterocycles. The Kier molecular flexibility index (Phi) is 3.26. The summed E-state index contributed by atoms with van der Waals surface area (Å²) in [5, 5.41) is 3.50. The molecule has 0 bridgehead atoms. The summed E-state index contributed by atoms with van der Waals surface area (Å²) in [5.74, 6) is -0.0564. The molecule has 3 nitrogen and oxygen atoms in total. The van der Waals surface area contributed by atoms with Crippen molar-refractivity contribution in [3.8, 4) is 0 Å². The van der Waals surface area contributed by atoms with Gasteiger partial charge in [-0.05, 0) is 36.2 Å². The van der Waals surface area contributed by atoms with E-state index < -0.39 is 0 Å². The minimum Gasteiger partial charge on any atom is -0.382 e. The van der Waals surface area contributed by atoms with E-state index >= 15 is 0 Å². The number of nitrogens with zero attached hydrogens (tertiary/aromatic N) is 1. The minimum absolute atomic E-state index is 0.0226. The number of Topliss-reactive ketones (excluding diaryl/α,β-unsaturated/α-hetero) is 1. The smallest absolute Gasteiger partial charge is 0.184 e. The topological polar surface area (TPSA) is 41.5 Å². The summed E-state index contributed by atoms with van der Waals surface area (Å²) in [6.45, 7) is 2.31. The molecule has 116 valence electrons. The third-order valence-corrected chi connectivity index (χ3v) is 4.80. The SMILES string of the molecule is CC1Nc2cccc3c2C(C=NCC3=O)C1c1ccc(F)cc1. The summed E-state index contributed by atoms with van der Waals surface area (Å²) in [6, 6.07) is 12.6. The number of rotatable bonds is 1. The van der Waals surface area contributed by atoms with Crippen LogP contribution in [0.3, 0.4) is 0 Å². The third kappa shape index (κ3) is 2.25. The fraction of sp³-hybridized carbons (Fsp3) is 0.263. The Balaban J connectivity index is 1.89. The lowest BCUT2D eigenvalue weighted by molar-refractivity contribution is 0.100. The van der Waals surface area contributed by atoms with Crippen LogP contribution in [0.5, 0.6) is 0 Å². The molecule has 4 rings (SSSR count). The predicted octanol–water partition coefficient (Wildman–Crippen LogP) is 3.77. The number of carbonyl (C=O) groups excluding carboxylic acids is 1. The van der Waals surface area contributed by atoms with Crippen LogP contribution < -0.4 is 5.32 Å². The molecule has 0 radical (unpaired) electrons. The highest BCUT2D eigenvalue weighted by atomic mass is 19.1. The van der Waals surface area contributed by atoms with Gasteiger partial charge in [-0.2, -0.15) is 0 Å². The van der Waals surface area contributed by atoms with Crippen LogP contribution in [0.4, 0.5) is 10.1 Å². The van der Waals surface area contributed by atoms with E-state index in [0.717, 1.165) is 22.4 Å². The van der Waals surface area contributed by atoms with Gasteiger partial charge in [0.25, 0.3) is 0 Å². The fourth-order valence-corrected chi connectivity index (χ4v) is 3.80. The Labute approximate surface area is 134 Å². The average Bonchev–Trinajstić information content (AvgIpc) is 2.70. The molecule has 23 heavy (non-hydrogen) atoms. The molecule has 3 unspecified atom stereocenters. The molecule has 2 aromatic carbocycles. The monoisotopic (exact) mass is 308 g/mol. The van der Waals surface area contributed by atoms with Gasteiger partial charge in [0.15, 0.2) is 5.78 Å². The molecule has 2 heterocycles. The van der Waals surface area contributed by atoms with Gasteiger partial charge in [-0.3, -0.25) is 9.79 Å². The van der Waals surface area contributed by atoms with Gasteiger partial charge >= 0.3 is 0 Å². The quantitative estimate of drug-likeness (QED) is 0.871. The lowest BCUT2D eigenvalue weighted by atomic mass is 9.73. The third-order valence-electron chi connectivity index (χ3n) is 4.80. The van der Waals surface area contributed by atoms with Crippen molar-refractivity contribution in [2.45, 2.75) is 24.8 Å². The highest BCUT2D eigenvalue weighted by molar-refractivity contribution is 6.04. The number of nitrogens with one attached hydrogen (secondary N) is 1. The molecule has 0 fully saturated rings. The van der Waals surface area contributed by atoms with Crippen molar-refractivity contribution < 1.29 is 9.18 Å². The van der Waals surface area contributed by atoms with Crippen molar-refractivity contribution in [2.24, 2.45) is 4.99 Å². The van der Waals surface area contributed by atoms with Gasteiger partial charge in [0.1, 0.15) is 12.4 Å². The lowest BCUT2D eigenvalue weighted by Gasteiger charge is -2.38. The molecule has 0 amide bonds. The standard InChI is InChI=1S/C19H17FN2O/c1-11-18(12-5-7-13(20)8-6-12)15-9-21-10-17(23)14-3-2-4-16(22-11)19(14)15/h2-9,11,15,18,22H,10H2,1H3. The zero-order valence-electron chi connectivity index (χ0n) is 12.8. The van der Waals surface area contributed by atoms with Crippen LogP contribution in [0.2, 0.25) is 0 Å². The Hall–Kier alpha value is -2.49. The molecule has 2 aliphatic rings. The van der Waals surface area contributed by atoms with E-state index in [2.05, 4.69) is 17.2 Å². The number of benzene rings is 2. The van der Waals surface area contributed by atoms with Gasteiger partial charge in [-0.1, -0.05) is 24.3 Å². The first-order valence-corrected chi connectivity index (χ1v) is 7.83. The molecule has 4 heteroatoms. The number of ketones is 1. The molecule has 3 atom stereocenters. The van der Waals surface area contributed by atoms with Gasteiger partial charge < -0.3 is 5.32 Å². The molecule has 0 saturated carbocycles. The van der Waals surface area contributed by atoms with Crippen LogP contribution in [0.15, 0.2) is 47.5 Å². The highest BCUT2D eigenvalue weighted by Crippen LogP contribution is 2.45. The van der Waals surface area contributed by atoms with E-state index in [4.69, 9.17) is 0 Å². The van der Waals surface area contributed by atoms with Gasteiger partial charge in [0, 0.05) is 35.3 Å². The zero-order chi connectivity index (χ0) is 16.0. The van der Waals surface area contributed by atoms with E-state index in [0.29, 0.717) is 0 Å². The van der Waals surface area contributed by atoms with E-state index in [1.165, 1.54) is 12.1 Å². The van der Waals surface area contributed by atoms with Crippen LogP contribution in [0.25, 0.3) is 0 Å². The van der Waals surface area contributed by atoms with Crippen molar-refractivity contribution in [1.29, 1.82) is 0 Å². The number of aliphatic imine (C=N–C) groups is 1. The molecule has 0 aliphatic carbocycles. The zero-order valence-corrected chi connectivity index (χ0v) is 12.8. The van der Waals surface area contributed by atoms with Crippen LogP contribution in [0.1, 0.15) is 40.2 Å². The van der Waals surface area contributed by atoms with Gasteiger partial charge in [-0.25, -0.2) is 4.39 Å². The van der Waals surface area contributed by atoms with Crippen molar-refractivity contribution in [3.05, 3.63) is 65.0 Å². The molecule has 0 aromatic heterocycles. The summed E-state index contributed by atoms with van der Waals surface area (Å²) >= 11 is 0. The fourth-order valence-electron chi connectivity index (χ4n) is 3.80. The Morgan fingerprint density at radius 2 is 1.96 bits per heavy atom. The van der Waals surface area contributed by atoms with Gasteiger partial charge in [-0.15, -0.1) is 0 Å². The second-order valence-corrected chi connectivity index (χ2v) is 6.22. The van der Waals surface area contributed by atoms with E-state index in [1.807, 2.05) is 36.5 Å². The largest absolute Gasteiger partial charge is 0.382 e. The highest BCUT2D eigenvalue weighted by Gasteiger charge is 2.37. The molecule has 1 N–H and O–H groups in total. The molecular formula is C19H17FN2O. The van der Waals surface area contributed by atoms with Crippen molar-refractivity contribution in [3.63, 3.8) is 0 Å². The number of hydrogen-bond donors (Lipinski definition) is 1. The summed E-state index contributed by atoms with van der Waals surface area (Å²) in [5.41, 5.74) is 3.82. The molecule has 2 aliphatic heterocycles. The maximum Gasteiger partial charge on any atom is 0.184 e. The number of halogens is 1.